The number of thiophene rings is 1. The van der Waals surface area contributed by atoms with Crippen molar-refractivity contribution in [2.75, 3.05) is 12.4 Å². The van der Waals surface area contributed by atoms with Crippen LogP contribution in [0.15, 0.2) is 69.9 Å². The Bertz CT molecular complexity index is 1330. The van der Waals surface area contributed by atoms with Gasteiger partial charge in [0, 0.05) is 11.8 Å². The normalized spacial score (nSPS) is 12.0. The zero-order valence-electron chi connectivity index (χ0n) is 18.7. The van der Waals surface area contributed by atoms with Crippen LogP contribution < -0.4 is 15.6 Å². The maximum atomic E-state index is 13.3. The fourth-order valence-corrected chi connectivity index (χ4v) is 5.19. The van der Waals surface area contributed by atoms with Crippen molar-refractivity contribution < 1.29 is 9.53 Å². The molecule has 0 aliphatic carbocycles. The molecule has 1 unspecified atom stereocenters. The second kappa shape index (κ2) is 10.2. The van der Waals surface area contributed by atoms with Crippen LogP contribution in [-0.4, -0.2) is 27.8 Å². The lowest BCUT2D eigenvalue weighted by atomic mass is 10.1. The highest BCUT2D eigenvalue weighted by atomic mass is 32.2. The number of rotatable bonds is 8. The molecule has 170 valence electrons. The SMILES string of the molecule is CCC(Sc1nc2ccsc2c(=O)n1Cc1ccc(C)cc1)C(=O)Nc1cccc(OC)c1. The maximum absolute atomic E-state index is 13.3. The van der Waals surface area contributed by atoms with Gasteiger partial charge in [-0.3, -0.25) is 14.2 Å². The van der Waals surface area contributed by atoms with Crippen molar-refractivity contribution in [1.29, 1.82) is 0 Å². The molecule has 0 radical (unpaired) electrons. The average Bonchev–Trinajstić information content (AvgIpc) is 3.30. The number of fused-ring (bicyclic) bond motifs is 1. The van der Waals surface area contributed by atoms with E-state index in [-0.39, 0.29) is 11.5 Å². The van der Waals surface area contributed by atoms with Gasteiger partial charge in [0.15, 0.2) is 5.16 Å². The van der Waals surface area contributed by atoms with Gasteiger partial charge in [-0.15, -0.1) is 11.3 Å². The van der Waals surface area contributed by atoms with E-state index in [0.717, 1.165) is 11.1 Å². The van der Waals surface area contributed by atoms with Crippen molar-refractivity contribution in [1.82, 2.24) is 9.55 Å². The first kappa shape index (κ1) is 23.1. The van der Waals surface area contributed by atoms with Gasteiger partial charge < -0.3 is 10.1 Å². The van der Waals surface area contributed by atoms with Gasteiger partial charge in [0.05, 0.1) is 24.4 Å². The third kappa shape index (κ3) is 5.29. The van der Waals surface area contributed by atoms with Crippen molar-refractivity contribution in [2.24, 2.45) is 0 Å². The minimum atomic E-state index is -0.413. The molecule has 0 aliphatic rings. The largest absolute Gasteiger partial charge is 0.497 e. The lowest BCUT2D eigenvalue weighted by molar-refractivity contribution is -0.115. The van der Waals surface area contributed by atoms with Crippen LogP contribution in [-0.2, 0) is 11.3 Å². The van der Waals surface area contributed by atoms with E-state index < -0.39 is 5.25 Å². The van der Waals surface area contributed by atoms with Crippen LogP contribution in [0.3, 0.4) is 0 Å². The van der Waals surface area contributed by atoms with E-state index in [1.807, 2.05) is 67.8 Å². The first-order chi connectivity index (χ1) is 16.0. The molecule has 0 fully saturated rings. The predicted molar refractivity (Wildman–Crippen MR) is 136 cm³/mol. The van der Waals surface area contributed by atoms with Crippen LogP contribution >= 0.6 is 23.1 Å². The van der Waals surface area contributed by atoms with Crippen LogP contribution in [0.1, 0.15) is 24.5 Å². The van der Waals surface area contributed by atoms with E-state index in [0.29, 0.717) is 39.8 Å². The van der Waals surface area contributed by atoms with E-state index in [1.165, 1.54) is 23.1 Å². The molecule has 0 spiro atoms. The molecule has 33 heavy (non-hydrogen) atoms. The first-order valence-corrected chi connectivity index (χ1v) is 12.4. The van der Waals surface area contributed by atoms with Crippen molar-refractivity contribution in [3.8, 4) is 5.75 Å². The third-order valence-corrected chi connectivity index (χ3v) is 7.49. The van der Waals surface area contributed by atoms with Crippen LogP contribution in [0.4, 0.5) is 5.69 Å². The molecule has 1 N–H and O–H groups in total. The summed E-state index contributed by atoms with van der Waals surface area (Å²) in [7, 11) is 1.59. The second-order valence-corrected chi connectivity index (χ2v) is 9.73. The fraction of sp³-hybridized carbons (Fsp3) is 0.240. The number of thioether (sulfide) groups is 1. The Morgan fingerprint density at radius 2 is 2.00 bits per heavy atom. The van der Waals surface area contributed by atoms with E-state index in [1.54, 1.807) is 17.7 Å². The van der Waals surface area contributed by atoms with Crippen molar-refractivity contribution >= 4 is 44.9 Å². The average molecular weight is 480 g/mol. The molecule has 4 rings (SSSR count). The topological polar surface area (TPSA) is 73.2 Å². The summed E-state index contributed by atoms with van der Waals surface area (Å²) < 4.78 is 7.54. The minimum absolute atomic E-state index is 0.0823. The molecule has 6 nitrogen and oxygen atoms in total. The molecule has 0 saturated carbocycles. The zero-order chi connectivity index (χ0) is 23.4. The number of anilines is 1. The molecule has 4 aromatic rings. The summed E-state index contributed by atoms with van der Waals surface area (Å²) in [6.07, 6.45) is 0.586. The molecule has 1 atom stereocenters. The lowest BCUT2D eigenvalue weighted by Gasteiger charge is -2.18. The van der Waals surface area contributed by atoms with Crippen LogP contribution in [0.2, 0.25) is 0 Å². The standard InChI is InChI=1S/C25H25N3O3S2/c1-4-21(23(29)26-18-6-5-7-19(14-18)31-3)33-25-27-20-12-13-32-22(20)24(30)28(25)15-17-10-8-16(2)9-11-17/h5-14,21H,4,15H2,1-3H3,(H,26,29). The number of nitrogens with zero attached hydrogens (tertiary/aromatic N) is 2. The van der Waals surface area contributed by atoms with E-state index >= 15 is 0 Å². The predicted octanol–water partition coefficient (Wildman–Crippen LogP) is 5.33. The molecule has 2 aromatic heterocycles. The molecule has 0 bridgehead atoms. The lowest BCUT2D eigenvalue weighted by Crippen LogP contribution is -2.28. The molecule has 0 aliphatic heterocycles. The van der Waals surface area contributed by atoms with Gasteiger partial charge >= 0.3 is 0 Å². The molecule has 1 amide bonds. The molecule has 2 heterocycles. The summed E-state index contributed by atoms with van der Waals surface area (Å²) in [6, 6.07) is 17.2. The van der Waals surface area contributed by atoms with Crippen molar-refractivity contribution in [3.05, 3.63) is 81.5 Å². The van der Waals surface area contributed by atoms with E-state index in [4.69, 9.17) is 9.72 Å². The number of carbonyl (C=O) groups is 1. The van der Waals surface area contributed by atoms with Gasteiger partial charge in [0.25, 0.3) is 5.56 Å². The summed E-state index contributed by atoms with van der Waals surface area (Å²) in [4.78, 5) is 31.1. The summed E-state index contributed by atoms with van der Waals surface area (Å²) in [6.45, 7) is 4.38. The van der Waals surface area contributed by atoms with Crippen LogP contribution in [0.5, 0.6) is 5.75 Å². The van der Waals surface area contributed by atoms with Gasteiger partial charge in [0.1, 0.15) is 10.4 Å². The molecular weight excluding hydrogens is 454 g/mol. The molecule has 2 aromatic carbocycles. The Morgan fingerprint density at radius 3 is 2.73 bits per heavy atom. The number of benzene rings is 2. The third-order valence-electron chi connectivity index (χ3n) is 5.24. The fourth-order valence-electron chi connectivity index (χ4n) is 3.40. The number of hydrogen-bond acceptors (Lipinski definition) is 6. The Kier molecular flexibility index (Phi) is 7.15. The molecular formula is C25H25N3O3S2. The Labute approximate surface area is 200 Å². The summed E-state index contributed by atoms with van der Waals surface area (Å²) in [5.41, 5.74) is 3.41. The summed E-state index contributed by atoms with van der Waals surface area (Å²) >= 11 is 2.71. The van der Waals surface area contributed by atoms with Crippen LogP contribution in [0.25, 0.3) is 10.2 Å². The van der Waals surface area contributed by atoms with Gasteiger partial charge in [-0.1, -0.05) is 54.6 Å². The van der Waals surface area contributed by atoms with Crippen molar-refractivity contribution in [3.63, 3.8) is 0 Å². The first-order valence-electron chi connectivity index (χ1n) is 10.6. The number of methoxy groups -OCH3 is 1. The highest BCUT2D eigenvalue weighted by Gasteiger charge is 2.23. The van der Waals surface area contributed by atoms with E-state index in [9.17, 15) is 9.59 Å². The van der Waals surface area contributed by atoms with E-state index in [2.05, 4.69) is 5.32 Å². The number of amides is 1. The molecule has 8 heteroatoms. The van der Waals surface area contributed by atoms with Gasteiger partial charge in [0.2, 0.25) is 5.91 Å². The highest BCUT2D eigenvalue weighted by Crippen LogP contribution is 2.28. The Morgan fingerprint density at radius 1 is 1.21 bits per heavy atom. The number of aromatic nitrogens is 2. The second-order valence-electron chi connectivity index (χ2n) is 7.64. The molecule has 0 saturated heterocycles. The maximum Gasteiger partial charge on any atom is 0.272 e. The Balaban J connectivity index is 1.64. The van der Waals surface area contributed by atoms with Crippen molar-refractivity contribution in [2.45, 2.75) is 37.2 Å². The summed E-state index contributed by atoms with van der Waals surface area (Å²) in [5, 5.41) is 4.96. The van der Waals surface area contributed by atoms with Gasteiger partial charge in [-0.2, -0.15) is 0 Å². The van der Waals surface area contributed by atoms with Gasteiger partial charge in [-0.25, -0.2) is 4.98 Å². The number of carbonyl (C=O) groups excluding carboxylic acids is 1. The Hall–Kier alpha value is -3.10. The highest BCUT2D eigenvalue weighted by molar-refractivity contribution is 8.00. The number of ether oxygens (including phenoxy) is 1. The number of aryl methyl sites for hydroxylation is 1. The number of nitrogens with one attached hydrogen (secondary N) is 1. The summed E-state index contributed by atoms with van der Waals surface area (Å²) in [5.74, 6) is 0.530. The van der Waals surface area contributed by atoms with Gasteiger partial charge in [-0.05, 0) is 42.5 Å². The van der Waals surface area contributed by atoms with Crippen LogP contribution in [0, 0.1) is 6.92 Å². The monoisotopic (exact) mass is 479 g/mol. The quantitative estimate of drug-likeness (QED) is 0.273. The zero-order valence-corrected chi connectivity index (χ0v) is 20.3. The smallest absolute Gasteiger partial charge is 0.272 e. The number of hydrogen-bond donors (Lipinski definition) is 1. The minimum Gasteiger partial charge on any atom is -0.497 e.